The molecule has 4 rings (SSSR count). The number of hydrogen-bond acceptors (Lipinski definition) is 5. The van der Waals surface area contributed by atoms with Gasteiger partial charge in [-0.3, -0.25) is 10.1 Å². The lowest BCUT2D eigenvalue weighted by atomic mass is 9.95. The van der Waals surface area contributed by atoms with Gasteiger partial charge in [0.15, 0.2) is 11.5 Å². The minimum Gasteiger partial charge on any atom is -0.493 e. The molecule has 2 fully saturated rings. The number of carbonyl (C=O) groups is 2. The van der Waals surface area contributed by atoms with Crippen LogP contribution < -0.4 is 20.1 Å². The van der Waals surface area contributed by atoms with Crippen molar-refractivity contribution in [2.45, 2.75) is 44.8 Å². The fourth-order valence-corrected chi connectivity index (χ4v) is 4.92. The van der Waals surface area contributed by atoms with Crippen LogP contribution in [-0.4, -0.2) is 67.3 Å². The maximum absolute atomic E-state index is 13.0. The number of anilines is 1. The van der Waals surface area contributed by atoms with Gasteiger partial charge < -0.3 is 24.6 Å². The van der Waals surface area contributed by atoms with Crippen molar-refractivity contribution in [3.8, 4) is 11.5 Å². The molecule has 2 saturated heterocycles. The zero-order valence-electron chi connectivity index (χ0n) is 20.4. The molecule has 0 unspecified atom stereocenters. The molecule has 2 aromatic carbocycles. The number of piperidine rings is 1. The van der Waals surface area contributed by atoms with Crippen LogP contribution in [0.1, 0.15) is 30.9 Å². The molecule has 34 heavy (non-hydrogen) atoms. The van der Waals surface area contributed by atoms with Crippen LogP contribution in [0.5, 0.6) is 11.5 Å². The summed E-state index contributed by atoms with van der Waals surface area (Å²) in [7, 11) is 3.24. The van der Waals surface area contributed by atoms with E-state index in [-0.39, 0.29) is 18.0 Å². The molecule has 2 aliphatic heterocycles. The largest absolute Gasteiger partial charge is 0.493 e. The van der Waals surface area contributed by atoms with E-state index in [1.54, 1.807) is 14.2 Å². The van der Waals surface area contributed by atoms with Gasteiger partial charge in [-0.1, -0.05) is 23.8 Å². The lowest BCUT2D eigenvalue weighted by Gasteiger charge is -2.44. The Morgan fingerprint density at radius 1 is 1.09 bits per heavy atom. The monoisotopic (exact) mass is 466 g/mol. The number of methoxy groups -OCH3 is 2. The minimum absolute atomic E-state index is 0.104. The highest BCUT2D eigenvalue weighted by Gasteiger charge is 2.50. The van der Waals surface area contributed by atoms with Gasteiger partial charge in [-0.25, -0.2) is 4.79 Å². The smallest absolute Gasteiger partial charge is 0.321 e. The van der Waals surface area contributed by atoms with E-state index in [1.165, 1.54) is 0 Å². The number of benzene rings is 2. The first-order valence-electron chi connectivity index (χ1n) is 11.8. The Balaban J connectivity index is 1.40. The van der Waals surface area contributed by atoms with E-state index < -0.39 is 5.66 Å². The highest BCUT2D eigenvalue weighted by atomic mass is 16.5. The normalized spacial score (nSPS) is 19.4. The first-order valence-corrected chi connectivity index (χ1v) is 11.8. The van der Waals surface area contributed by atoms with Gasteiger partial charge in [0.2, 0.25) is 5.91 Å². The van der Waals surface area contributed by atoms with Gasteiger partial charge in [0.1, 0.15) is 0 Å². The molecule has 0 aromatic heterocycles. The van der Waals surface area contributed by atoms with Gasteiger partial charge >= 0.3 is 6.03 Å². The second-order valence-electron chi connectivity index (χ2n) is 9.11. The van der Waals surface area contributed by atoms with Crippen LogP contribution in [0.3, 0.4) is 0 Å². The molecule has 1 atom stereocenters. The van der Waals surface area contributed by atoms with Gasteiger partial charge in [0.25, 0.3) is 0 Å². The number of urea groups is 1. The summed E-state index contributed by atoms with van der Waals surface area (Å²) >= 11 is 0. The van der Waals surface area contributed by atoms with Crippen molar-refractivity contribution >= 4 is 17.6 Å². The van der Waals surface area contributed by atoms with Crippen molar-refractivity contribution < 1.29 is 19.1 Å². The molecule has 8 nitrogen and oxygen atoms in total. The number of hydrogen-bond donors (Lipinski definition) is 2. The summed E-state index contributed by atoms with van der Waals surface area (Å²) in [5, 5.41) is 6.51. The fourth-order valence-electron chi connectivity index (χ4n) is 4.92. The molecule has 0 saturated carbocycles. The van der Waals surface area contributed by atoms with Crippen LogP contribution >= 0.6 is 0 Å². The summed E-state index contributed by atoms with van der Waals surface area (Å²) < 4.78 is 10.7. The van der Waals surface area contributed by atoms with Crippen LogP contribution in [0, 0.1) is 6.92 Å². The molecule has 2 aliphatic rings. The standard InChI is InChI=1S/C26H34N4O4/c1-18-5-8-21(9-6-18)27-25(32)29-15-12-26(13-16-29)28-19(2)24(31)30(26)14-11-20-7-10-22(33-3)23(17-20)34-4/h5-10,17,19,28H,11-16H2,1-4H3,(H,27,32)/t19-/m0/s1. The molecule has 2 aromatic rings. The van der Waals surface area contributed by atoms with E-state index >= 15 is 0 Å². The van der Waals surface area contributed by atoms with E-state index in [0.717, 1.165) is 16.8 Å². The van der Waals surface area contributed by atoms with Crippen molar-refractivity contribution in [3.63, 3.8) is 0 Å². The topological polar surface area (TPSA) is 83.1 Å². The third-order valence-corrected chi connectivity index (χ3v) is 6.89. The summed E-state index contributed by atoms with van der Waals surface area (Å²) in [5.41, 5.74) is 2.59. The first-order chi connectivity index (χ1) is 16.3. The molecule has 0 radical (unpaired) electrons. The molecule has 1 spiro atoms. The third kappa shape index (κ3) is 4.82. The van der Waals surface area contributed by atoms with Gasteiger partial charge in [0, 0.05) is 38.2 Å². The van der Waals surface area contributed by atoms with Crippen molar-refractivity contribution in [3.05, 3.63) is 53.6 Å². The molecular formula is C26H34N4O4. The summed E-state index contributed by atoms with van der Waals surface area (Å²) in [6.45, 7) is 5.69. The van der Waals surface area contributed by atoms with Crippen molar-refractivity contribution in [2.75, 3.05) is 39.2 Å². The molecule has 3 amide bonds. The Kier molecular flexibility index (Phi) is 6.97. The summed E-state index contributed by atoms with van der Waals surface area (Å²) in [4.78, 5) is 29.6. The maximum atomic E-state index is 13.0. The molecule has 8 heteroatoms. The van der Waals surface area contributed by atoms with E-state index in [9.17, 15) is 9.59 Å². The maximum Gasteiger partial charge on any atom is 0.321 e. The zero-order valence-corrected chi connectivity index (χ0v) is 20.4. The second kappa shape index (κ2) is 9.93. The molecular weight excluding hydrogens is 432 g/mol. The van der Waals surface area contributed by atoms with E-state index in [1.807, 2.05) is 66.1 Å². The Labute approximate surface area is 201 Å². The van der Waals surface area contributed by atoms with Gasteiger partial charge in [-0.15, -0.1) is 0 Å². The lowest BCUT2D eigenvalue weighted by molar-refractivity contribution is -0.133. The van der Waals surface area contributed by atoms with E-state index in [4.69, 9.17) is 9.47 Å². The number of ether oxygens (including phenoxy) is 2. The lowest BCUT2D eigenvalue weighted by Crippen LogP contribution is -2.60. The van der Waals surface area contributed by atoms with Gasteiger partial charge in [-0.05, 0) is 50.1 Å². The Bertz CT molecular complexity index is 1030. The number of likely N-dealkylation sites (tertiary alicyclic amines) is 1. The average Bonchev–Trinajstić information content (AvgIpc) is 3.07. The number of amides is 3. The first kappa shape index (κ1) is 23.9. The molecule has 0 aliphatic carbocycles. The van der Waals surface area contributed by atoms with Gasteiger partial charge in [-0.2, -0.15) is 0 Å². The van der Waals surface area contributed by atoms with Crippen molar-refractivity contribution in [2.24, 2.45) is 0 Å². The molecule has 2 N–H and O–H groups in total. The van der Waals surface area contributed by atoms with Crippen molar-refractivity contribution in [1.29, 1.82) is 0 Å². The fraction of sp³-hybridized carbons (Fsp3) is 0.462. The number of carbonyl (C=O) groups excluding carboxylic acids is 2. The summed E-state index contributed by atoms with van der Waals surface area (Å²) in [5.74, 6) is 1.48. The molecule has 182 valence electrons. The van der Waals surface area contributed by atoms with Gasteiger partial charge in [0.05, 0.1) is 25.9 Å². The number of rotatable bonds is 6. The van der Waals surface area contributed by atoms with Crippen LogP contribution in [-0.2, 0) is 11.2 Å². The molecule has 0 bridgehead atoms. The zero-order chi connectivity index (χ0) is 24.3. The SMILES string of the molecule is COc1ccc(CCN2C(=O)[C@H](C)NC23CCN(C(=O)Nc2ccc(C)cc2)CC3)cc1OC. The van der Waals surface area contributed by atoms with E-state index in [0.29, 0.717) is 50.4 Å². The van der Waals surface area contributed by atoms with Crippen molar-refractivity contribution in [1.82, 2.24) is 15.1 Å². The van der Waals surface area contributed by atoms with Crippen LogP contribution in [0.2, 0.25) is 0 Å². The molecule has 2 heterocycles. The highest BCUT2D eigenvalue weighted by molar-refractivity contribution is 5.89. The Hall–Kier alpha value is -3.26. The third-order valence-electron chi connectivity index (χ3n) is 6.89. The average molecular weight is 467 g/mol. The van der Waals surface area contributed by atoms with E-state index in [2.05, 4.69) is 10.6 Å². The summed E-state index contributed by atoms with van der Waals surface area (Å²) in [6.07, 6.45) is 2.09. The number of nitrogens with one attached hydrogen (secondary N) is 2. The summed E-state index contributed by atoms with van der Waals surface area (Å²) in [6, 6.07) is 13.3. The number of nitrogens with zero attached hydrogens (tertiary/aromatic N) is 2. The predicted molar refractivity (Wildman–Crippen MR) is 131 cm³/mol. The Morgan fingerprint density at radius 3 is 2.41 bits per heavy atom. The Morgan fingerprint density at radius 2 is 1.76 bits per heavy atom. The van der Waals surface area contributed by atoms with Crippen LogP contribution in [0.15, 0.2) is 42.5 Å². The minimum atomic E-state index is -0.423. The number of aryl methyl sites for hydroxylation is 1. The van der Waals surface area contributed by atoms with Crippen LogP contribution in [0.25, 0.3) is 0 Å². The predicted octanol–water partition coefficient (Wildman–Crippen LogP) is 3.40. The quantitative estimate of drug-likeness (QED) is 0.682. The van der Waals surface area contributed by atoms with Crippen LogP contribution in [0.4, 0.5) is 10.5 Å². The highest BCUT2D eigenvalue weighted by Crippen LogP contribution is 2.33. The second-order valence-corrected chi connectivity index (χ2v) is 9.11.